The molecular formula is C9H18FNO. The van der Waals surface area contributed by atoms with Gasteiger partial charge in [0.2, 0.25) is 0 Å². The Hall–Kier alpha value is -0.150. The van der Waals surface area contributed by atoms with Crippen LogP contribution in [-0.4, -0.2) is 43.9 Å². The molecule has 1 fully saturated rings. The molecular weight excluding hydrogens is 157 g/mol. The lowest BCUT2D eigenvalue weighted by molar-refractivity contribution is 0.0686. The van der Waals surface area contributed by atoms with E-state index in [1.54, 1.807) is 0 Å². The largest absolute Gasteiger partial charge is 0.377 e. The monoisotopic (exact) mass is 175 g/mol. The predicted molar refractivity (Wildman–Crippen MR) is 47.1 cm³/mol. The smallest absolute Gasteiger partial charge is 0.0906 e. The molecule has 1 saturated heterocycles. The lowest BCUT2D eigenvalue weighted by atomic mass is 10.3. The zero-order valence-electron chi connectivity index (χ0n) is 7.76. The van der Waals surface area contributed by atoms with E-state index in [0.717, 1.165) is 32.7 Å². The second-order valence-corrected chi connectivity index (χ2v) is 3.21. The molecule has 1 rings (SSSR count). The number of hydrogen-bond donors (Lipinski definition) is 0. The molecule has 1 aliphatic heterocycles. The second kappa shape index (κ2) is 5.49. The van der Waals surface area contributed by atoms with Crippen molar-refractivity contribution in [1.82, 2.24) is 4.90 Å². The fourth-order valence-electron chi connectivity index (χ4n) is 1.66. The van der Waals surface area contributed by atoms with E-state index in [0.29, 0.717) is 12.5 Å². The third-order valence-electron chi connectivity index (χ3n) is 2.24. The van der Waals surface area contributed by atoms with Gasteiger partial charge >= 0.3 is 0 Å². The highest BCUT2D eigenvalue weighted by atomic mass is 19.1. The van der Waals surface area contributed by atoms with Crippen molar-refractivity contribution >= 4 is 0 Å². The normalized spacial score (nSPS) is 25.0. The molecule has 0 bridgehead atoms. The number of rotatable bonds is 5. The fraction of sp³-hybridized carbons (Fsp3) is 1.00. The van der Waals surface area contributed by atoms with Crippen LogP contribution in [-0.2, 0) is 4.74 Å². The predicted octanol–water partition coefficient (Wildman–Crippen LogP) is 1.46. The van der Waals surface area contributed by atoms with Crippen molar-refractivity contribution in [3.8, 4) is 0 Å². The first kappa shape index (κ1) is 9.93. The fourth-order valence-corrected chi connectivity index (χ4v) is 1.66. The molecule has 1 heterocycles. The van der Waals surface area contributed by atoms with Crippen LogP contribution in [0, 0.1) is 0 Å². The van der Waals surface area contributed by atoms with Crippen LogP contribution in [0.25, 0.3) is 0 Å². The molecule has 0 aromatic heterocycles. The van der Waals surface area contributed by atoms with Crippen LogP contribution in [0.1, 0.15) is 19.8 Å². The maximum absolute atomic E-state index is 11.8. The van der Waals surface area contributed by atoms with Gasteiger partial charge in [0.15, 0.2) is 0 Å². The van der Waals surface area contributed by atoms with Crippen LogP contribution >= 0.6 is 0 Å². The third kappa shape index (κ3) is 3.07. The molecule has 3 heteroatoms. The molecule has 72 valence electrons. The van der Waals surface area contributed by atoms with E-state index >= 15 is 0 Å². The van der Waals surface area contributed by atoms with Gasteiger partial charge in [0, 0.05) is 26.2 Å². The van der Waals surface area contributed by atoms with Gasteiger partial charge in [0.25, 0.3) is 0 Å². The summed E-state index contributed by atoms with van der Waals surface area (Å²) in [5.74, 6) is 0. The van der Waals surface area contributed by atoms with Crippen LogP contribution in [0.15, 0.2) is 0 Å². The summed E-state index contributed by atoms with van der Waals surface area (Å²) in [5, 5.41) is 0. The lowest BCUT2D eigenvalue weighted by Gasteiger charge is -2.14. The first-order valence-corrected chi connectivity index (χ1v) is 4.76. The zero-order valence-corrected chi connectivity index (χ0v) is 7.76. The molecule has 2 nitrogen and oxygen atoms in total. The lowest BCUT2D eigenvalue weighted by Crippen LogP contribution is -2.24. The Bertz CT molecular complexity index is 121. The number of hydrogen-bond acceptors (Lipinski definition) is 2. The SMILES string of the molecule is CCO[C@H]1CCN(CCCF)C1. The van der Waals surface area contributed by atoms with Crippen molar-refractivity contribution in [2.24, 2.45) is 0 Å². The minimum absolute atomic E-state index is 0.199. The summed E-state index contributed by atoms with van der Waals surface area (Å²) in [6.45, 7) is 5.57. The highest BCUT2D eigenvalue weighted by Gasteiger charge is 2.21. The average Bonchev–Trinajstić information content (AvgIpc) is 2.50. The van der Waals surface area contributed by atoms with E-state index in [-0.39, 0.29) is 6.67 Å². The van der Waals surface area contributed by atoms with Crippen molar-refractivity contribution in [2.45, 2.75) is 25.9 Å². The van der Waals surface area contributed by atoms with Crippen LogP contribution in [0.5, 0.6) is 0 Å². The Kier molecular flexibility index (Phi) is 4.54. The van der Waals surface area contributed by atoms with Gasteiger partial charge in [-0.3, -0.25) is 4.39 Å². The summed E-state index contributed by atoms with van der Waals surface area (Å²) in [6.07, 6.45) is 2.17. The van der Waals surface area contributed by atoms with Gasteiger partial charge < -0.3 is 9.64 Å². The average molecular weight is 175 g/mol. The first-order valence-electron chi connectivity index (χ1n) is 4.76. The molecule has 1 aliphatic rings. The van der Waals surface area contributed by atoms with E-state index in [4.69, 9.17) is 4.74 Å². The van der Waals surface area contributed by atoms with E-state index in [2.05, 4.69) is 4.90 Å². The quantitative estimate of drug-likeness (QED) is 0.627. The summed E-state index contributed by atoms with van der Waals surface area (Å²) in [6, 6.07) is 0. The molecule has 0 spiro atoms. The highest BCUT2D eigenvalue weighted by Crippen LogP contribution is 2.12. The molecule has 0 unspecified atom stereocenters. The van der Waals surface area contributed by atoms with Crippen molar-refractivity contribution in [2.75, 3.05) is 32.9 Å². The van der Waals surface area contributed by atoms with Gasteiger partial charge in [-0.25, -0.2) is 0 Å². The van der Waals surface area contributed by atoms with E-state index < -0.39 is 0 Å². The van der Waals surface area contributed by atoms with Crippen LogP contribution in [0.4, 0.5) is 4.39 Å². The third-order valence-corrected chi connectivity index (χ3v) is 2.24. The second-order valence-electron chi connectivity index (χ2n) is 3.21. The van der Waals surface area contributed by atoms with Gasteiger partial charge in [-0.1, -0.05) is 0 Å². The van der Waals surface area contributed by atoms with E-state index in [1.807, 2.05) is 6.92 Å². The minimum atomic E-state index is -0.199. The first-order chi connectivity index (χ1) is 5.86. The number of ether oxygens (including phenoxy) is 1. The molecule has 0 aromatic rings. The Labute approximate surface area is 73.7 Å². The summed E-state index contributed by atoms with van der Waals surface area (Å²) >= 11 is 0. The molecule has 0 aliphatic carbocycles. The van der Waals surface area contributed by atoms with Crippen molar-refractivity contribution < 1.29 is 9.13 Å². The highest BCUT2D eigenvalue weighted by molar-refractivity contribution is 4.75. The minimum Gasteiger partial charge on any atom is -0.377 e. The summed E-state index contributed by atoms with van der Waals surface area (Å²) < 4.78 is 17.3. The Balaban J connectivity index is 2.08. The summed E-state index contributed by atoms with van der Waals surface area (Å²) in [7, 11) is 0. The van der Waals surface area contributed by atoms with Crippen molar-refractivity contribution in [1.29, 1.82) is 0 Å². The van der Waals surface area contributed by atoms with Gasteiger partial charge in [-0.05, 0) is 19.8 Å². The van der Waals surface area contributed by atoms with E-state index in [1.165, 1.54) is 0 Å². The Morgan fingerprint density at radius 3 is 3.08 bits per heavy atom. The van der Waals surface area contributed by atoms with Gasteiger partial charge in [-0.15, -0.1) is 0 Å². The van der Waals surface area contributed by atoms with Gasteiger partial charge in [0.05, 0.1) is 12.8 Å². The molecule has 0 radical (unpaired) electrons. The number of nitrogens with zero attached hydrogens (tertiary/aromatic N) is 1. The van der Waals surface area contributed by atoms with Crippen LogP contribution < -0.4 is 0 Å². The number of alkyl halides is 1. The van der Waals surface area contributed by atoms with Gasteiger partial charge in [0.1, 0.15) is 0 Å². The Morgan fingerprint density at radius 2 is 2.42 bits per heavy atom. The standard InChI is InChI=1S/C9H18FNO/c1-2-12-9-4-7-11(8-9)6-3-5-10/h9H,2-8H2,1H3/t9-/m0/s1. The molecule has 0 N–H and O–H groups in total. The maximum Gasteiger partial charge on any atom is 0.0906 e. The molecule has 1 atom stereocenters. The van der Waals surface area contributed by atoms with E-state index in [9.17, 15) is 4.39 Å². The molecule has 0 amide bonds. The van der Waals surface area contributed by atoms with Crippen molar-refractivity contribution in [3.05, 3.63) is 0 Å². The number of halogens is 1. The molecule has 12 heavy (non-hydrogen) atoms. The number of likely N-dealkylation sites (tertiary alicyclic amines) is 1. The van der Waals surface area contributed by atoms with Crippen LogP contribution in [0.2, 0.25) is 0 Å². The summed E-state index contributed by atoms with van der Waals surface area (Å²) in [5.41, 5.74) is 0. The van der Waals surface area contributed by atoms with Gasteiger partial charge in [-0.2, -0.15) is 0 Å². The zero-order chi connectivity index (χ0) is 8.81. The van der Waals surface area contributed by atoms with Crippen molar-refractivity contribution in [3.63, 3.8) is 0 Å². The Morgan fingerprint density at radius 1 is 1.58 bits per heavy atom. The molecule has 0 aromatic carbocycles. The molecule has 0 saturated carbocycles. The van der Waals surface area contributed by atoms with Crippen LogP contribution in [0.3, 0.4) is 0 Å². The maximum atomic E-state index is 11.8. The summed E-state index contributed by atoms with van der Waals surface area (Å²) in [4.78, 5) is 2.28. The topological polar surface area (TPSA) is 12.5 Å².